The van der Waals surface area contributed by atoms with Gasteiger partial charge in [0, 0.05) is 6.10 Å². The maximum absolute atomic E-state index is 6.73. The Morgan fingerprint density at radius 2 is 1.15 bits per heavy atom. The lowest BCUT2D eigenvalue weighted by Gasteiger charge is -2.23. The standard InChI is InChI=1S/C25H37OSi/c1-3-5-6-7-8-9-10-13-18-23(4-2)26-27(24-19-14-11-15-20-24)25-21-16-12-17-22-25/h11-12,14-17,19-23H,3-10,13,18H2,1-2H3. The fourth-order valence-electron chi connectivity index (χ4n) is 3.50. The second-order valence-corrected chi connectivity index (χ2v) is 9.52. The van der Waals surface area contributed by atoms with Crippen molar-refractivity contribution in [1.29, 1.82) is 0 Å². The van der Waals surface area contributed by atoms with Gasteiger partial charge in [0.1, 0.15) is 0 Å². The normalized spacial score (nSPS) is 12.4. The quantitative estimate of drug-likeness (QED) is 0.283. The second-order valence-electron chi connectivity index (χ2n) is 7.47. The van der Waals surface area contributed by atoms with E-state index in [0.717, 1.165) is 6.42 Å². The molecule has 0 N–H and O–H groups in total. The first-order chi connectivity index (χ1) is 13.3. The Balaban J connectivity index is 1.84. The summed E-state index contributed by atoms with van der Waals surface area (Å²) in [5, 5.41) is 2.70. The van der Waals surface area contributed by atoms with Crippen molar-refractivity contribution in [3.05, 3.63) is 60.7 Å². The Hall–Kier alpha value is -1.38. The van der Waals surface area contributed by atoms with Crippen LogP contribution in [0, 0.1) is 0 Å². The maximum Gasteiger partial charge on any atom is 0.283 e. The van der Waals surface area contributed by atoms with E-state index in [1.54, 1.807) is 0 Å². The molecule has 0 aliphatic heterocycles. The molecule has 1 radical (unpaired) electrons. The van der Waals surface area contributed by atoms with Crippen molar-refractivity contribution >= 4 is 19.4 Å². The lowest BCUT2D eigenvalue weighted by Crippen LogP contribution is -2.47. The largest absolute Gasteiger partial charge is 0.404 e. The monoisotopic (exact) mass is 381 g/mol. The van der Waals surface area contributed by atoms with E-state index >= 15 is 0 Å². The van der Waals surface area contributed by atoms with Crippen LogP contribution in [0.5, 0.6) is 0 Å². The van der Waals surface area contributed by atoms with Gasteiger partial charge in [-0.05, 0) is 23.2 Å². The molecular weight excluding hydrogens is 344 g/mol. The van der Waals surface area contributed by atoms with Crippen molar-refractivity contribution in [1.82, 2.24) is 0 Å². The molecule has 0 aliphatic rings. The van der Waals surface area contributed by atoms with Crippen LogP contribution in [-0.4, -0.2) is 15.1 Å². The predicted molar refractivity (Wildman–Crippen MR) is 120 cm³/mol. The van der Waals surface area contributed by atoms with Gasteiger partial charge in [0.05, 0.1) is 0 Å². The maximum atomic E-state index is 6.73. The van der Waals surface area contributed by atoms with Gasteiger partial charge in [-0.3, -0.25) is 0 Å². The summed E-state index contributed by atoms with van der Waals surface area (Å²) in [7, 11) is -1.17. The highest BCUT2D eigenvalue weighted by Gasteiger charge is 2.22. The van der Waals surface area contributed by atoms with Gasteiger partial charge >= 0.3 is 0 Å². The van der Waals surface area contributed by atoms with Crippen molar-refractivity contribution in [2.45, 2.75) is 84.2 Å². The molecule has 0 spiro atoms. The Morgan fingerprint density at radius 3 is 1.63 bits per heavy atom. The summed E-state index contributed by atoms with van der Waals surface area (Å²) in [6.45, 7) is 4.55. The van der Waals surface area contributed by atoms with Gasteiger partial charge in [0.25, 0.3) is 9.04 Å². The second kappa shape index (κ2) is 13.7. The summed E-state index contributed by atoms with van der Waals surface area (Å²) < 4.78 is 6.73. The third kappa shape index (κ3) is 8.44. The summed E-state index contributed by atoms with van der Waals surface area (Å²) in [5.74, 6) is 0. The molecule has 2 aromatic carbocycles. The van der Waals surface area contributed by atoms with Crippen LogP contribution >= 0.6 is 0 Å². The topological polar surface area (TPSA) is 9.23 Å². The van der Waals surface area contributed by atoms with Gasteiger partial charge in [-0.15, -0.1) is 0 Å². The molecule has 1 atom stereocenters. The van der Waals surface area contributed by atoms with Gasteiger partial charge in [0.15, 0.2) is 0 Å². The van der Waals surface area contributed by atoms with Gasteiger partial charge < -0.3 is 4.43 Å². The summed E-state index contributed by atoms with van der Waals surface area (Å²) in [6, 6.07) is 21.6. The fourth-order valence-corrected chi connectivity index (χ4v) is 5.71. The Labute approximate surface area is 168 Å². The van der Waals surface area contributed by atoms with Crippen LogP contribution < -0.4 is 10.4 Å². The first kappa shape index (κ1) is 21.9. The molecule has 0 saturated carbocycles. The Kier molecular flexibility index (Phi) is 11.1. The van der Waals surface area contributed by atoms with E-state index in [1.165, 1.54) is 68.2 Å². The van der Waals surface area contributed by atoms with Crippen LogP contribution in [0.3, 0.4) is 0 Å². The number of hydrogen-bond donors (Lipinski definition) is 0. The average Bonchev–Trinajstić information content (AvgIpc) is 2.73. The molecule has 0 amide bonds. The minimum absolute atomic E-state index is 0.374. The lowest BCUT2D eigenvalue weighted by molar-refractivity contribution is 0.189. The van der Waals surface area contributed by atoms with Crippen LogP contribution in [0.15, 0.2) is 60.7 Å². The third-order valence-electron chi connectivity index (χ3n) is 5.19. The van der Waals surface area contributed by atoms with Gasteiger partial charge in [-0.2, -0.15) is 0 Å². The average molecular weight is 382 g/mol. The number of hydrogen-bond acceptors (Lipinski definition) is 1. The first-order valence-electron chi connectivity index (χ1n) is 11.0. The SMILES string of the molecule is CCCCCCCCCCC(CC)O[Si](c1ccccc1)c1ccccc1. The number of benzene rings is 2. The highest BCUT2D eigenvalue weighted by atomic mass is 28.3. The van der Waals surface area contributed by atoms with Crippen LogP contribution in [0.1, 0.15) is 78.1 Å². The van der Waals surface area contributed by atoms with E-state index in [9.17, 15) is 0 Å². The molecule has 0 saturated heterocycles. The fraction of sp³-hybridized carbons (Fsp3) is 0.520. The highest BCUT2D eigenvalue weighted by molar-refractivity contribution is 6.80. The van der Waals surface area contributed by atoms with Crippen molar-refractivity contribution in [3.63, 3.8) is 0 Å². The Bertz CT molecular complexity index is 544. The summed E-state index contributed by atoms with van der Waals surface area (Å²) in [6.07, 6.45) is 13.7. The summed E-state index contributed by atoms with van der Waals surface area (Å²) >= 11 is 0. The van der Waals surface area contributed by atoms with Crippen molar-refractivity contribution < 1.29 is 4.43 Å². The minimum atomic E-state index is -1.17. The van der Waals surface area contributed by atoms with Gasteiger partial charge in [-0.25, -0.2) is 0 Å². The molecular formula is C25H37OSi. The molecule has 1 nitrogen and oxygen atoms in total. The molecule has 147 valence electrons. The minimum Gasteiger partial charge on any atom is -0.404 e. The van der Waals surface area contributed by atoms with Crippen molar-refractivity contribution in [2.24, 2.45) is 0 Å². The molecule has 2 rings (SSSR count). The molecule has 2 aromatic rings. The van der Waals surface area contributed by atoms with Gasteiger partial charge in [-0.1, -0.05) is 126 Å². The Morgan fingerprint density at radius 1 is 0.667 bits per heavy atom. The molecule has 0 aromatic heterocycles. The van der Waals surface area contributed by atoms with E-state index in [2.05, 4.69) is 74.5 Å². The molecule has 27 heavy (non-hydrogen) atoms. The van der Waals surface area contributed by atoms with E-state index in [1.807, 2.05) is 0 Å². The highest BCUT2D eigenvalue weighted by Crippen LogP contribution is 2.14. The van der Waals surface area contributed by atoms with Crippen LogP contribution in [0.4, 0.5) is 0 Å². The first-order valence-corrected chi connectivity index (χ1v) is 12.4. The number of rotatable bonds is 14. The van der Waals surface area contributed by atoms with Crippen molar-refractivity contribution in [2.75, 3.05) is 0 Å². The predicted octanol–water partition coefficient (Wildman–Crippen LogP) is 6.12. The zero-order chi connectivity index (χ0) is 19.2. The number of unbranched alkanes of at least 4 members (excludes halogenated alkanes) is 7. The van der Waals surface area contributed by atoms with E-state index in [0.29, 0.717) is 6.10 Å². The summed E-state index contributed by atoms with van der Waals surface area (Å²) in [4.78, 5) is 0. The molecule has 0 aliphatic carbocycles. The molecule has 0 bridgehead atoms. The third-order valence-corrected chi connectivity index (χ3v) is 7.48. The zero-order valence-electron chi connectivity index (χ0n) is 17.3. The van der Waals surface area contributed by atoms with E-state index < -0.39 is 9.04 Å². The van der Waals surface area contributed by atoms with Crippen LogP contribution in [0.2, 0.25) is 0 Å². The van der Waals surface area contributed by atoms with Gasteiger partial charge in [0.2, 0.25) is 0 Å². The van der Waals surface area contributed by atoms with Crippen molar-refractivity contribution in [3.8, 4) is 0 Å². The lowest BCUT2D eigenvalue weighted by atomic mass is 10.0. The molecule has 0 heterocycles. The summed E-state index contributed by atoms with van der Waals surface area (Å²) in [5.41, 5.74) is 0. The molecule has 2 heteroatoms. The van der Waals surface area contributed by atoms with Crippen LogP contribution in [-0.2, 0) is 4.43 Å². The molecule has 1 unspecified atom stereocenters. The van der Waals surface area contributed by atoms with E-state index in [4.69, 9.17) is 4.43 Å². The van der Waals surface area contributed by atoms with E-state index in [-0.39, 0.29) is 0 Å². The zero-order valence-corrected chi connectivity index (χ0v) is 18.3. The molecule has 0 fully saturated rings. The van der Waals surface area contributed by atoms with Crippen LogP contribution in [0.25, 0.3) is 0 Å². The smallest absolute Gasteiger partial charge is 0.283 e.